The van der Waals surface area contributed by atoms with Crippen molar-refractivity contribution in [2.75, 3.05) is 10.6 Å². The molecule has 0 aliphatic heterocycles. The molecule has 0 aliphatic rings. The van der Waals surface area contributed by atoms with Crippen LogP contribution in [0.2, 0.25) is 0 Å². The molecule has 9 heteroatoms. The molecule has 0 aliphatic carbocycles. The van der Waals surface area contributed by atoms with E-state index < -0.39 is 17.1 Å². The normalized spacial score (nSPS) is 11.9. The number of thiazole rings is 1. The van der Waals surface area contributed by atoms with Crippen LogP contribution in [-0.2, 0) is 9.59 Å². The minimum atomic E-state index is -0.590. The SMILES string of the molecule is Cc1ccc(/C=C(\NC(=O)c2ccccc2)C(=O)Nc2cccc(SC(C(=O)Nc3nc4ccc(C)cc4s3)c3ccccc3)c2)cc1. The van der Waals surface area contributed by atoms with Crippen LogP contribution in [0.4, 0.5) is 10.8 Å². The quantitative estimate of drug-likeness (QED) is 0.100. The largest absolute Gasteiger partial charge is 0.321 e. The lowest BCUT2D eigenvalue weighted by Crippen LogP contribution is -2.30. The molecule has 1 aromatic heterocycles. The average molecular weight is 669 g/mol. The van der Waals surface area contributed by atoms with E-state index in [-0.39, 0.29) is 11.6 Å². The molecule has 3 amide bonds. The lowest BCUT2D eigenvalue weighted by atomic mass is 10.1. The van der Waals surface area contributed by atoms with E-state index in [1.807, 2.05) is 105 Å². The summed E-state index contributed by atoms with van der Waals surface area (Å²) in [6, 6.07) is 39.3. The topological polar surface area (TPSA) is 100 Å². The van der Waals surface area contributed by atoms with Crippen LogP contribution in [0.5, 0.6) is 0 Å². The molecule has 0 bridgehead atoms. The van der Waals surface area contributed by atoms with Gasteiger partial charge in [-0.05, 0) is 79.1 Å². The van der Waals surface area contributed by atoms with Crippen LogP contribution in [0.15, 0.2) is 138 Å². The predicted octanol–water partition coefficient (Wildman–Crippen LogP) is 8.79. The van der Waals surface area contributed by atoms with Crippen LogP contribution >= 0.6 is 23.1 Å². The van der Waals surface area contributed by atoms with Gasteiger partial charge in [-0.3, -0.25) is 14.4 Å². The van der Waals surface area contributed by atoms with Crippen molar-refractivity contribution in [3.05, 3.63) is 161 Å². The smallest absolute Gasteiger partial charge is 0.272 e. The number of fused-ring (bicyclic) bond motifs is 1. The third-order valence-corrected chi connectivity index (χ3v) is 9.56. The molecule has 7 nitrogen and oxygen atoms in total. The van der Waals surface area contributed by atoms with E-state index in [2.05, 4.69) is 27.0 Å². The molecule has 1 unspecified atom stereocenters. The number of anilines is 2. The number of carbonyl (C=O) groups is 3. The van der Waals surface area contributed by atoms with Crippen LogP contribution in [-0.4, -0.2) is 22.7 Å². The number of hydrogen-bond donors (Lipinski definition) is 3. The lowest BCUT2D eigenvalue weighted by Gasteiger charge is -2.17. The molecule has 3 N–H and O–H groups in total. The van der Waals surface area contributed by atoms with E-state index in [4.69, 9.17) is 0 Å². The molecule has 1 heterocycles. The van der Waals surface area contributed by atoms with Crippen molar-refractivity contribution in [1.82, 2.24) is 10.3 Å². The molecule has 6 rings (SSSR count). The Kier molecular flexibility index (Phi) is 10.1. The number of amides is 3. The molecule has 0 saturated carbocycles. The monoisotopic (exact) mass is 668 g/mol. The first-order valence-electron chi connectivity index (χ1n) is 15.3. The molecule has 0 spiro atoms. The van der Waals surface area contributed by atoms with Gasteiger partial charge in [0.15, 0.2) is 5.13 Å². The second-order valence-electron chi connectivity index (χ2n) is 11.2. The summed E-state index contributed by atoms with van der Waals surface area (Å²) in [5.41, 5.74) is 5.69. The summed E-state index contributed by atoms with van der Waals surface area (Å²) in [4.78, 5) is 45.8. The molecular formula is C39H32N4O3S2. The van der Waals surface area contributed by atoms with Gasteiger partial charge in [0.2, 0.25) is 5.91 Å². The van der Waals surface area contributed by atoms with E-state index in [1.165, 1.54) is 23.1 Å². The van der Waals surface area contributed by atoms with Crippen molar-refractivity contribution in [2.45, 2.75) is 24.0 Å². The van der Waals surface area contributed by atoms with Gasteiger partial charge in [0.1, 0.15) is 10.9 Å². The molecule has 1 atom stereocenters. The molecule has 0 fully saturated rings. The Hall–Kier alpha value is -5.51. The number of rotatable bonds is 10. The van der Waals surface area contributed by atoms with Crippen molar-refractivity contribution in [1.29, 1.82) is 0 Å². The van der Waals surface area contributed by atoms with E-state index in [0.717, 1.165) is 37.4 Å². The molecule has 5 aromatic carbocycles. The van der Waals surface area contributed by atoms with Crippen molar-refractivity contribution in [3.63, 3.8) is 0 Å². The van der Waals surface area contributed by atoms with Crippen LogP contribution in [0, 0.1) is 13.8 Å². The second kappa shape index (κ2) is 14.9. The number of benzene rings is 5. The molecule has 48 heavy (non-hydrogen) atoms. The number of carbonyl (C=O) groups excluding carboxylic acids is 3. The highest BCUT2D eigenvalue weighted by Gasteiger charge is 2.24. The van der Waals surface area contributed by atoms with Crippen molar-refractivity contribution >= 4 is 67.9 Å². The fraction of sp³-hybridized carbons (Fsp3) is 0.0769. The number of aromatic nitrogens is 1. The molecule has 238 valence electrons. The summed E-state index contributed by atoms with van der Waals surface area (Å²) in [6.45, 7) is 4.01. The number of nitrogens with one attached hydrogen (secondary N) is 3. The Morgan fingerprint density at radius 2 is 1.46 bits per heavy atom. The highest BCUT2D eigenvalue weighted by molar-refractivity contribution is 8.00. The fourth-order valence-corrected chi connectivity index (χ4v) is 6.96. The molecular weight excluding hydrogens is 637 g/mol. The Morgan fingerprint density at radius 3 is 2.21 bits per heavy atom. The first kappa shape index (κ1) is 32.4. The highest BCUT2D eigenvalue weighted by atomic mass is 32.2. The first-order chi connectivity index (χ1) is 23.3. The maximum Gasteiger partial charge on any atom is 0.272 e. The van der Waals surface area contributed by atoms with Crippen molar-refractivity contribution in [3.8, 4) is 0 Å². The van der Waals surface area contributed by atoms with Crippen LogP contribution in [0.1, 0.15) is 37.9 Å². The minimum Gasteiger partial charge on any atom is -0.321 e. The Morgan fingerprint density at radius 1 is 0.750 bits per heavy atom. The summed E-state index contributed by atoms with van der Waals surface area (Å²) in [5, 5.41) is 8.68. The predicted molar refractivity (Wildman–Crippen MR) is 196 cm³/mol. The van der Waals surface area contributed by atoms with Crippen LogP contribution < -0.4 is 16.0 Å². The maximum absolute atomic E-state index is 13.7. The van der Waals surface area contributed by atoms with Crippen LogP contribution in [0.25, 0.3) is 16.3 Å². The first-order valence-corrected chi connectivity index (χ1v) is 17.0. The zero-order valence-corrected chi connectivity index (χ0v) is 27.9. The van der Waals surface area contributed by atoms with Gasteiger partial charge in [0.25, 0.3) is 11.8 Å². The van der Waals surface area contributed by atoms with E-state index in [0.29, 0.717) is 16.4 Å². The summed E-state index contributed by atoms with van der Waals surface area (Å²) in [7, 11) is 0. The standard InChI is InChI=1S/C39H32N4O3S2/c1-25-16-19-27(20-17-25)23-33(41-36(44)29-12-7-4-8-13-29)37(45)40-30-14-9-15-31(24-30)47-35(28-10-5-3-6-11-28)38(46)43-39-42-32-21-18-26(2)22-34(32)48-39/h3-24,35H,1-2H3,(H,40,45)(H,41,44)(H,42,43,46)/b33-23-. The van der Waals surface area contributed by atoms with Gasteiger partial charge in [-0.1, -0.05) is 102 Å². The average Bonchev–Trinajstić information content (AvgIpc) is 3.50. The third kappa shape index (κ3) is 8.25. The van der Waals surface area contributed by atoms with Crippen molar-refractivity contribution in [2.24, 2.45) is 0 Å². The van der Waals surface area contributed by atoms with Gasteiger partial charge in [-0.2, -0.15) is 0 Å². The van der Waals surface area contributed by atoms with Crippen LogP contribution in [0.3, 0.4) is 0 Å². The summed E-state index contributed by atoms with van der Waals surface area (Å²) >= 11 is 2.81. The second-order valence-corrected chi connectivity index (χ2v) is 13.4. The maximum atomic E-state index is 13.7. The number of nitrogens with zero attached hydrogens (tertiary/aromatic N) is 1. The van der Waals surface area contributed by atoms with Gasteiger partial charge in [0.05, 0.1) is 10.2 Å². The lowest BCUT2D eigenvalue weighted by molar-refractivity contribution is -0.116. The summed E-state index contributed by atoms with van der Waals surface area (Å²) in [5.74, 6) is -1.08. The Balaban J connectivity index is 1.22. The molecule has 0 saturated heterocycles. The number of hydrogen-bond acceptors (Lipinski definition) is 6. The Labute approximate surface area is 287 Å². The fourth-order valence-electron chi connectivity index (χ4n) is 4.91. The van der Waals surface area contributed by atoms with E-state index in [9.17, 15) is 14.4 Å². The molecule has 6 aromatic rings. The van der Waals surface area contributed by atoms with E-state index >= 15 is 0 Å². The van der Waals surface area contributed by atoms with E-state index in [1.54, 1.807) is 36.4 Å². The molecule has 0 radical (unpaired) electrons. The third-order valence-electron chi connectivity index (χ3n) is 7.38. The minimum absolute atomic E-state index is 0.0957. The van der Waals surface area contributed by atoms with Gasteiger partial charge in [0, 0.05) is 16.1 Å². The van der Waals surface area contributed by atoms with Gasteiger partial charge >= 0.3 is 0 Å². The van der Waals surface area contributed by atoms with Gasteiger partial charge < -0.3 is 16.0 Å². The zero-order valence-electron chi connectivity index (χ0n) is 26.3. The highest BCUT2D eigenvalue weighted by Crippen LogP contribution is 2.38. The van der Waals surface area contributed by atoms with Crippen molar-refractivity contribution < 1.29 is 14.4 Å². The summed E-state index contributed by atoms with van der Waals surface area (Å²) < 4.78 is 1.01. The number of thioether (sulfide) groups is 1. The van der Waals surface area contributed by atoms with Gasteiger partial charge in [-0.15, -0.1) is 11.8 Å². The summed E-state index contributed by atoms with van der Waals surface area (Å²) in [6.07, 6.45) is 1.65. The zero-order chi connectivity index (χ0) is 33.5. The van der Waals surface area contributed by atoms with Gasteiger partial charge in [-0.25, -0.2) is 4.98 Å². The Bertz CT molecular complexity index is 2110. The number of aryl methyl sites for hydroxylation is 2.